The number of nitrogens with one attached hydrogen (secondary N) is 1. The number of hydrogen-bond acceptors (Lipinski definition) is 6. The largest absolute Gasteiger partial charge is 0.481 e. The van der Waals surface area contributed by atoms with E-state index in [0.29, 0.717) is 18.1 Å². The summed E-state index contributed by atoms with van der Waals surface area (Å²) in [5.74, 6) is 0.371. The van der Waals surface area contributed by atoms with Gasteiger partial charge < -0.3 is 25.1 Å². The van der Waals surface area contributed by atoms with Crippen molar-refractivity contribution in [1.82, 2.24) is 24.6 Å². The van der Waals surface area contributed by atoms with E-state index in [1.54, 1.807) is 35.0 Å². The first-order valence-corrected chi connectivity index (χ1v) is 8.76. The lowest BCUT2D eigenvalue weighted by Crippen LogP contribution is -2.41. The molecular formula is C19H22N6O3. The molecular weight excluding hydrogens is 360 g/mol. The summed E-state index contributed by atoms with van der Waals surface area (Å²) in [6, 6.07) is 7.34. The minimum atomic E-state index is -0.244. The summed E-state index contributed by atoms with van der Waals surface area (Å²) in [5.41, 5.74) is 8.88. The highest BCUT2D eigenvalue weighted by Gasteiger charge is 2.29. The fourth-order valence-electron chi connectivity index (χ4n) is 3.18. The predicted octanol–water partition coefficient (Wildman–Crippen LogP) is 1.61. The van der Waals surface area contributed by atoms with Crippen molar-refractivity contribution in [2.24, 2.45) is 5.73 Å². The van der Waals surface area contributed by atoms with Gasteiger partial charge in [-0.25, -0.2) is 9.67 Å². The van der Waals surface area contributed by atoms with E-state index >= 15 is 0 Å². The van der Waals surface area contributed by atoms with Crippen LogP contribution < -0.4 is 10.5 Å². The van der Waals surface area contributed by atoms with Crippen LogP contribution in [0.4, 0.5) is 0 Å². The van der Waals surface area contributed by atoms with Gasteiger partial charge in [-0.3, -0.25) is 4.79 Å². The fraction of sp³-hybridized carbons (Fsp3) is 0.263. The van der Waals surface area contributed by atoms with Gasteiger partial charge in [-0.2, -0.15) is 5.10 Å². The van der Waals surface area contributed by atoms with Crippen LogP contribution in [0, 0.1) is 0 Å². The lowest BCUT2D eigenvalue weighted by Gasteiger charge is -2.19. The van der Waals surface area contributed by atoms with E-state index in [-0.39, 0.29) is 12.1 Å². The van der Waals surface area contributed by atoms with Gasteiger partial charge >= 0.3 is 0 Å². The Kier molecular flexibility index (Phi) is 5.85. The van der Waals surface area contributed by atoms with Crippen LogP contribution in [0.3, 0.4) is 0 Å². The molecule has 4 rings (SSSR count). The van der Waals surface area contributed by atoms with Crippen molar-refractivity contribution in [2.75, 3.05) is 13.7 Å². The summed E-state index contributed by atoms with van der Waals surface area (Å²) < 4.78 is 6.82. The average Bonchev–Trinajstić information content (AvgIpc) is 3.49. The van der Waals surface area contributed by atoms with Crippen LogP contribution >= 0.6 is 0 Å². The Hall–Kier alpha value is -3.46. The number of H-pyrrole nitrogens is 1. The van der Waals surface area contributed by atoms with E-state index in [0.717, 1.165) is 29.8 Å². The van der Waals surface area contributed by atoms with Crippen molar-refractivity contribution in [3.8, 4) is 22.8 Å². The lowest BCUT2D eigenvalue weighted by atomic mass is 10.2. The molecule has 9 nitrogen and oxygen atoms in total. The SMILES string of the molecule is C=O.COc1ccc(-n2nc(C(=O)N3CCC[C@H]3N)cc2-c2cc[nH]c2)cn1. The molecule has 1 fully saturated rings. The molecule has 1 aliphatic rings. The highest BCUT2D eigenvalue weighted by molar-refractivity contribution is 5.94. The number of aromatic nitrogens is 4. The molecule has 3 aromatic heterocycles. The summed E-state index contributed by atoms with van der Waals surface area (Å²) in [6.07, 6.45) is 6.85. The zero-order valence-corrected chi connectivity index (χ0v) is 15.5. The van der Waals surface area contributed by atoms with E-state index < -0.39 is 0 Å². The number of aromatic amines is 1. The first-order valence-electron chi connectivity index (χ1n) is 8.76. The van der Waals surface area contributed by atoms with Gasteiger partial charge in [0, 0.05) is 30.6 Å². The molecule has 1 saturated heterocycles. The third-order valence-corrected chi connectivity index (χ3v) is 4.56. The summed E-state index contributed by atoms with van der Waals surface area (Å²) >= 11 is 0. The Morgan fingerprint density at radius 1 is 1.36 bits per heavy atom. The molecule has 3 N–H and O–H groups in total. The van der Waals surface area contributed by atoms with Crippen LogP contribution in [0.2, 0.25) is 0 Å². The van der Waals surface area contributed by atoms with Gasteiger partial charge in [0.1, 0.15) is 6.79 Å². The van der Waals surface area contributed by atoms with Crippen molar-refractivity contribution in [3.63, 3.8) is 0 Å². The maximum atomic E-state index is 12.9. The molecule has 0 unspecified atom stereocenters. The number of methoxy groups -OCH3 is 1. The first-order chi connectivity index (χ1) is 13.7. The number of pyridine rings is 1. The maximum absolute atomic E-state index is 12.9. The molecule has 0 aromatic carbocycles. The number of nitrogens with two attached hydrogens (primary N) is 1. The van der Waals surface area contributed by atoms with Crippen molar-refractivity contribution >= 4 is 12.7 Å². The topological polar surface area (TPSA) is 119 Å². The fourth-order valence-corrected chi connectivity index (χ4v) is 3.18. The minimum Gasteiger partial charge on any atom is -0.481 e. The molecule has 1 aliphatic heterocycles. The van der Waals surface area contributed by atoms with E-state index in [4.69, 9.17) is 15.3 Å². The first kappa shape index (κ1) is 19.3. The van der Waals surface area contributed by atoms with E-state index in [1.807, 2.05) is 31.3 Å². The van der Waals surface area contributed by atoms with Crippen LogP contribution in [0.25, 0.3) is 16.9 Å². The molecule has 0 saturated carbocycles. The molecule has 9 heteroatoms. The number of carbonyl (C=O) groups is 2. The van der Waals surface area contributed by atoms with Crippen molar-refractivity contribution in [2.45, 2.75) is 19.0 Å². The number of ether oxygens (including phenoxy) is 1. The van der Waals surface area contributed by atoms with E-state index in [2.05, 4.69) is 15.1 Å². The van der Waals surface area contributed by atoms with Crippen LogP contribution in [0.5, 0.6) is 5.88 Å². The molecule has 146 valence electrons. The van der Waals surface area contributed by atoms with E-state index in [9.17, 15) is 4.79 Å². The Morgan fingerprint density at radius 3 is 2.75 bits per heavy atom. The number of nitrogens with zero attached hydrogens (tertiary/aromatic N) is 4. The van der Waals surface area contributed by atoms with Gasteiger partial charge in [-0.05, 0) is 31.0 Å². The monoisotopic (exact) mass is 382 g/mol. The summed E-state index contributed by atoms with van der Waals surface area (Å²) in [6.45, 7) is 2.66. The number of hydrogen-bond donors (Lipinski definition) is 2. The second-order valence-electron chi connectivity index (χ2n) is 6.19. The normalized spacial score (nSPS) is 15.8. The molecule has 3 aromatic rings. The third kappa shape index (κ3) is 3.65. The van der Waals surface area contributed by atoms with Gasteiger partial charge in [-0.15, -0.1) is 0 Å². The standard InChI is InChI=1S/C18H20N6O2.CH2O/c1-26-17-5-4-13(11-21-17)24-15(12-6-7-20-10-12)9-14(22-24)18(25)23-8-2-3-16(23)19;1-2/h4-7,9-11,16,20H,2-3,8,19H2,1H3;1H2/t16-;/m0./s1. The van der Waals surface area contributed by atoms with Crippen molar-refractivity contribution in [1.29, 1.82) is 0 Å². The highest BCUT2D eigenvalue weighted by Crippen LogP contribution is 2.26. The molecule has 0 aliphatic carbocycles. The van der Waals surface area contributed by atoms with Crippen LogP contribution in [0.1, 0.15) is 23.3 Å². The van der Waals surface area contributed by atoms with Gasteiger partial charge in [0.25, 0.3) is 5.91 Å². The van der Waals surface area contributed by atoms with Crippen molar-refractivity contribution < 1.29 is 14.3 Å². The van der Waals surface area contributed by atoms with Gasteiger partial charge in [0.05, 0.1) is 30.9 Å². The second kappa shape index (κ2) is 8.49. The lowest BCUT2D eigenvalue weighted by molar-refractivity contribution is -0.0980. The molecule has 0 radical (unpaired) electrons. The summed E-state index contributed by atoms with van der Waals surface area (Å²) in [7, 11) is 1.57. The van der Waals surface area contributed by atoms with Gasteiger partial charge in [0.2, 0.25) is 5.88 Å². The smallest absolute Gasteiger partial charge is 0.275 e. The number of amides is 1. The van der Waals surface area contributed by atoms with Crippen LogP contribution in [0.15, 0.2) is 42.9 Å². The average molecular weight is 382 g/mol. The number of rotatable bonds is 4. The second-order valence-corrected chi connectivity index (χ2v) is 6.19. The zero-order valence-electron chi connectivity index (χ0n) is 15.5. The molecule has 4 heterocycles. The summed E-state index contributed by atoms with van der Waals surface area (Å²) in [4.78, 5) is 29.8. The molecule has 0 bridgehead atoms. The molecule has 1 atom stereocenters. The minimum absolute atomic E-state index is 0.146. The maximum Gasteiger partial charge on any atom is 0.275 e. The Bertz CT molecular complexity index is 920. The van der Waals surface area contributed by atoms with Crippen molar-refractivity contribution in [3.05, 3.63) is 48.5 Å². The van der Waals surface area contributed by atoms with Gasteiger partial charge in [0.15, 0.2) is 5.69 Å². The molecule has 1 amide bonds. The third-order valence-electron chi connectivity index (χ3n) is 4.56. The van der Waals surface area contributed by atoms with Gasteiger partial charge in [-0.1, -0.05) is 0 Å². The number of likely N-dealkylation sites (tertiary alicyclic amines) is 1. The quantitative estimate of drug-likeness (QED) is 0.707. The van der Waals surface area contributed by atoms with Crippen LogP contribution in [-0.2, 0) is 4.79 Å². The molecule has 28 heavy (non-hydrogen) atoms. The Labute approximate surface area is 162 Å². The Morgan fingerprint density at radius 2 is 2.18 bits per heavy atom. The zero-order chi connectivity index (χ0) is 20.1. The van der Waals surface area contributed by atoms with E-state index in [1.165, 1.54) is 0 Å². The molecule has 0 spiro atoms. The predicted molar refractivity (Wildman–Crippen MR) is 103 cm³/mol. The summed E-state index contributed by atoms with van der Waals surface area (Å²) in [5, 5.41) is 4.55. The highest BCUT2D eigenvalue weighted by atomic mass is 16.5. The van der Waals surface area contributed by atoms with Crippen LogP contribution in [-0.4, -0.2) is 57.2 Å². The number of carbonyl (C=O) groups excluding carboxylic acids is 2. The Balaban J connectivity index is 0.00000109.